The first-order valence-electron chi connectivity index (χ1n) is 13.3. The van der Waals surface area contributed by atoms with Crippen LogP contribution in [0.4, 0.5) is 17.6 Å². The van der Waals surface area contributed by atoms with E-state index in [1.54, 1.807) is 60.4 Å². The molecule has 0 fully saturated rings. The minimum atomic E-state index is -4.48. The second kappa shape index (κ2) is 12.0. The number of rotatable bonds is 8. The third kappa shape index (κ3) is 6.10. The fourth-order valence-corrected chi connectivity index (χ4v) is 4.86. The van der Waals surface area contributed by atoms with Gasteiger partial charge in [-0.05, 0) is 60.0 Å². The number of amides is 1. The van der Waals surface area contributed by atoms with Crippen LogP contribution in [0.2, 0.25) is 0 Å². The van der Waals surface area contributed by atoms with Gasteiger partial charge >= 0.3 is 6.18 Å². The minimum Gasteiger partial charge on any atom is -0.328 e. The summed E-state index contributed by atoms with van der Waals surface area (Å²) in [6.45, 7) is 1.28. The van der Waals surface area contributed by atoms with Gasteiger partial charge in [-0.2, -0.15) is 13.2 Å². The largest absolute Gasteiger partial charge is 0.416 e. The van der Waals surface area contributed by atoms with Crippen molar-refractivity contribution in [1.82, 2.24) is 14.5 Å². The van der Waals surface area contributed by atoms with E-state index in [4.69, 9.17) is 4.98 Å². The maximum Gasteiger partial charge on any atom is 0.416 e. The number of para-hydroxylation sites is 1. The second-order valence-corrected chi connectivity index (χ2v) is 9.98. The summed E-state index contributed by atoms with van der Waals surface area (Å²) in [6.07, 6.45) is -4.64. The van der Waals surface area contributed by atoms with Crippen molar-refractivity contribution in [2.24, 2.45) is 0 Å². The van der Waals surface area contributed by atoms with Crippen molar-refractivity contribution in [3.05, 3.63) is 142 Å². The summed E-state index contributed by atoms with van der Waals surface area (Å²) in [5.41, 5.74) is 1.48. The highest BCUT2D eigenvalue weighted by Crippen LogP contribution is 2.30. The zero-order valence-corrected chi connectivity index (χ0v) is 22.7. The first-order chi connectivity index (χ1) is 20.2. The lowest BCUT2D eigenvalue weighted by Gasteiger charge is -2.31. The monoisotopic (exact) mass is 573 g/mol. The van der Waals surface area contributed by atoms with Gasteiger partial charge in [-0.25, -0.2) is 9.37 Å². The molecule has 0 aliphatic heterocycles. The molecule has 1 amide bonds. The number of fused-ring (bicyclic) bond motifs is 1. The third-order valence-electron chi connectivity index (χ3n) is 7.14. The molecule has 5 nitrogen and oxygen atoms in total. The van der Waals surface area contributed by atoms with Crippen LogP contribution in [-0.2, 0) is 30.6 Å². The number of carbonyl (C=O) groups is 1. The molecule has 0 aliphatic rings. The van der Waals surface area contributed by atoms with Crippen molar-refractivity contribution in [2.75, 3.05) is 0 Å². The first kappa shape index (κ1) is 28.7. The summed E-state index contributed by atoms with van der Waals surface area (Å²) < 4.78 is 53.9. The van der Waals surface area contributed by atoms with E-state index in [9.17, 15) is 27.2 Å². The summed E-state index contributed by atoms with van der Waals surface area (Å²) in [5.74, 6) is -0.0590. The van der Waals surface area contributed by atoms with Crippen molar-refractivity contribution in [2.45, 2.75) is 38.8 Å². The Hall–Kier alpha value is -4.79. The lowest BCUT2D eigenvalue weighted by Crippen LogP contribution is -2.38. The van der Waals surface area contributed by atoms with E-state index in [1.807, 2.05) is 30.3 Å². The average molecular weight is 574 g/mol. The molecule has 0 bridgehead atoms. The van der Waals surface area contributed by atoms with E-state index >= 15 is 0 Å². The Bertz CT molecular complexity index is 1750. The van der Waals surface area contributed by atoms with Gasteiger partial charge in [0.05, 0.1) is 34.6 Å². The predicted molar refractivity (Wildman–Crippen MR) is 153 cm³/mol. The van der Waals surface area contributed by atoms with Crippen molar-refractivity contribution < 1.29 is 22.4 Å². The Balaban J connectivity index is 1.59. The van der Waals surface area contributed by atoms with E-state index < -0.39 is 24.5 Å². The second-order valence-electron chi connectivity index (χ2n) is 9.98. The molecule has 0 unspecified atom stereocenters. The average Bonchev–Trinajstić information content (AvgIpc) is 3.00. The Morgan fingerprint density at radius 1 is 0.833 bits per heavy atom. The molecule has 0 saturated carbocycles. The zero-order valence-electron chi connectivity index (χ0n) is 22.7. The number of benzene rings is 4. The molecule has 9 heteroatoms. The maximum atomic E-state index is 13.8. The minimum absolute atomic E-state index is 0.154. The predicted octanol–water partition coefficient (Wildman–Crippen LogP) is 7.21. The van der Waals surface area contributed by atoms with Gasteiger partial charge in [0, 0.05) is 6.54 Å². The third-order valence-corrected chi connectivity index (χ3v) is 7.14. The van der Waals surface area contributed by atoms with Crippen LogP contribution in [0.15, 0.2) is 108 Å². The number of nitrogens with zero attached hydrogens (tertiary/aromatic N) is 3. The lowest BCUT2D eigenvalue weighted by atomic mass is 10.1. The van der Waals surface area contributed by atoms with Crippen LogP contribution in [0.5, 0.6) is 0 Å². The lowest BCUT2D eigenvalue weighted by molar-refractivity contribution is -0.137. The molecule has 5 rings (SSSR count). The number of hydrogen-bond donors (Lipinski definition) is 0. The smallest absolute Gasteiger partial charge is 0.328 e. The van der Waals surface area contributed by atoms with Crippen molar-refractivity contribution in [1.29, 1.82) is 0 Å². The molecule has 1 atom stereocenters. The van der Waals surface area contributed by atoms with Crippen LogP contribution >= 0.6 is 0 Å². The summed E-state index contributed by atoms with van der Waals surface area (Å²) in [4.78, 5) is 34.0. The summed E-state index contributed by atoms with van der Waals surface area (Å²) in [6, 6.07) is 26.4. The van der Waals surface area contributed by atoms with Gasteiger partial charge in [0.2, 0.25) is 5.91 Å². The van der Waals surface area contributed by atoms with Gasteiger partial charge < -0.3 is 4.90 Å². The van der Waals surface area contributed by atoms with Gasteiger partial charge in [-0.3, -0.25) is 14.2 Å². The van der Waals surface area contributed by atoms with Crippen LogP contribution in [0.3, 0.4) is 0 Å². The number of halogens is 4. The van der Waals surface area contributed by atoms with Crippen LogP contribution in [0, 0.1) is 0 Å². The molecule has 214 valence electrons. The number of carbonyl (C=O) groups excluding carboxylic acids is 1. The molecule has 0 radical (unpaired) electrons. The Kier molecular flexibility index (Phi) is 8.20. The highest BCUT2D eigenvalue weighted by Gasteiger charge is 2.31. The Morgan fingerprint density at radius 2 is 1.45 bits per heavy atom. The molecule has 0 spiro atoms. The number of hydrogen-bond acceptors (Lipinski definition) is 3. The van der Waals surface area contributed by atoms with Crippen LogP contribution < -0.4 is 5.56 Å². The molecule has 4 aromatic carbocycles. The summed E-state index contributed by atoms with van der Waals surface area (Å²) >= 11 is 0. The highest BCUT2D eigenvalue weighted by molar-refractivity contribution is 5.80. The Morgan fingerprint density at radius 3 is 2.10 bits per heavy atom. The first-order valence-corrected chi connectivity index (χ1v) is 13.3. The normalized spacial score (nSPS) is 12.3. The standard InChI is InChI=1S/C33H27F4N3O2/c1-22(31-38-29-10-6-5-9-28(29)32(42)40(31)27-17-13-24(20-34)14-18-27)39(21-25-7-3-2-4-8-25)30(41)19-23-11-15-26(16-12-23)33(35,36)37/h2-18,22H,19-21H2,1H3/t22-/m1/s1. The molecular formula is C33H27F4N3O2. The van der Waals surface area contributed by atoms with E-state index in [0.717, 1.165) is 17.7 Å². The molecule has 0 N–H and O–H groups in total. The zero-order chi connectivity index (χ0) is 29.9. The van der Waals surface area contributed by atoms with E-state index in [0.29, 0.717) is 33.5 Å². The fraction of sp³-hybridized carbons (Fsp3) is 0.182. The van der Waals surface area contributed by atoms with Crippen LogP contribution in [0.1, 0.15) is 41.0 Å². The fourth-order valence-electron chi connectivity index (χ4n) is 4.86. The molecule has 0 aliphatic carbocycles. The van der Waals surface area contributed by atoms with Gasteiger partial charge in [0.15, 0.2) is 0 Å². The molecule has 42 heavy (non-hydrogen) atoms. The number of aromatic nitrogens is 2. The van der Waals surface area contributed by atoms with Crippen LogP contribution in [0.25, 0.3) is 16.6 Å². The van der Waals surface area contributed by atoms with Gasteiger partial charge in [-0.1, -0.05) is 66.7 Å². The molecule has 5 aromatic rings. The van der Waals surface area contributed by atoms with E-state index in [1.165, 1.54) is 16.7 Å². The van der Waals surface area contributed by atoms with E-state index in [2.05, 4.69) is 0 Å². The SMILES string of the molecule is C[C@H](c1nc2ccccc2c(=O)n1-c1ccc(CF)cc1)N(Cc1ccccc1)C(=O)Cc1ccc(C(F)(F)F)cc1. The maximum absolute atomic E-state index is 13.8. The quantitative estimate of drug-likeness (QED) is 0.185. The molecular weight excluding hydrogens is 546 g/mol. The van der Waals surface area contributed by atoms with Crippen molar-refractivity contribution >= 4 is 16.8 Å². The van der Waals surface area contributed by atoms with Crippen LogP contribution in [-0.4, -0.2) is 20.4 Å². The van der Waals surface area contributed by atoms with Crippen molar-refractivity contribution in [3.63, 3.8) is 0 Å². The van der Waals surface area contributed by atoms with Gasteiger partial charge in [0.25, 0.3) is 5.56 Å². The van der Waals surface area contributed by atoms with Gasteiger partial charge in [-0.15, -0.1) is 0 Å². The molecule has 0 saturated heterocycles. The summed E-state index contributed by atoms with van der Waals surface area (Å²) in [7, 11) is 0. The van der Waals surface area contributed by atoms with Gasteiger partial charge in [0.1, 0.15) is 12.5 Å². The van der Waals surface area contributed by atoms with Crippen molar-refractivity contribution in [3.8, 4) is 5.69 Å². The topological polar surface area (TPSA) is 55.2 Å². The highest BCUT2D eigenvalue weighted by atomic mass is 19.4. The summed E-state index contributed by atoms with van der Waals surface area (Å²) in [5, 5.41) is 0.383. The Labute approximate surface area is 239 Å². The molecule has 1 aromatic heterocycles. The molecule has 1 heterocycles. The number of alkyl halides is 4. The van der Waals surface area contributed by atoms with E-state index in [-0.39, 0.29) is 24.4 Å².